The van der Waals surface area contributed by atoms with Crippen LogP contribution < -0.4 is 10.5 Å². The van der Waals surface area contributed by atoms with Gasteiger partial charge in [0, 0.05) is 19.3 Å². The number of piperidine rings is 1. The first-order valence-electron chi connectivity index (χ1n) is 8.45. The van der Waals surface area contributed by atoms with Gasteiger partial charge < -0.3 is 9.64 Å². The second-order valence-corrected chi connectivity index (χ2v) is 6.19. The number of hydrogen-bond donors (Lipinski definition) is 0. The second kappa shape index (κ2) is 7.04. The minimum absolute atomic E-state index is 0.0209. The summed E-state index contributed by atoms with van der Waals surface area (Å²) >= 11 is 0. The molecule has 7 nitrogen and oxygen atoms in total. The van der Waals surface area contributed by atoms with Crippen LogP contribution in [0.3, 0.4) is 0 Å². The summed E-state index contributed by atoms with van der Waals surface area (Å²) in [6, 6.07) is 3.61. The zero-order valence-corrected chi connectivity index (χ0v) is 14.4. The SMILES string of the molecule is CCOC(=O)[C@H]1CCCN(c2nc3c(C)cccn3c(=O)c2C=O)C1. The highest BCUT2D eigenvalue weighted by Gasteiger charge is 2.29. The van der Waals surface area contributed by atoms with Gasteiger partial charge in [-0.3, -0.25) is 18.8 Å². The van der Waals surface area contributed by atoms with Gasteiger partial charge in [-0.15, -0.1) is 0 Å². The summed E-state index contributed by atoms with van der Waals surface area (Å²) in [7, 11) is 0. The Morgan fingerprint density at radius 1 is 1.48 bits per heavy atom. The first kappa shape index (κ1) is 17.1. The third-order valence-corrected chi connectivity index (χ3v) is 4.52. The average Bonchev–Trinajstić information content (AvgIpc) is 2.62. The summed E-state index contributed by atoms with van der Waals surface area (Å²) < 4.78 is 6.50. The summed E-state index contributed by atoms with van der Waals surface area (Å²) in [5, 5.41) is 0. The number of pyridine rings is 1. The number of aromatic nitrogens is 2. The molecule has 0 bridgehead atoms. The highest BCUT2D eigenvalue weighted by atomic mass is 16.5. The molecule has 1 fully saturated rings. The van der Waals surface area contributed by atoms with Crippen LogP contribution in [-0.2, 0) is 9.53 Å². The lowest BCUT2D eigenvalue weighted by molar-refractivity contribution is -0.148. The normalized spacial score (nSPS) is 17.5. The molecular weight excluding hydrogens is 322 g/mol. The molecule has 1 atom stereocenters. The zero-order valence-electron chi connectivity index (χ0n) is 14.4. The van der Waals surface area contributed by atoms with E-state index < -0.39 is 5.56 Å². The highest BCUT2D eigenvalue weighted by Crippen LogP contribution is 2.24. The van der Waals surface area contributed by atoms with Crippen LogP contribution in [0, 0.1) is 12.8 Å². The van der Waals surface area contributed by atoms with Crippen LogP contribution in [-0.4, -0.2) is 41.3 Å². The van der Waals surface area contributed by atoms with E-state index in [4.69, 9.17) is 4.74 Å². The minimum Gasteiger partial charge on any atom is -0.466 e. The second-order valence-electron chi connectivity index (χ2n) is 6.19. The molecule has 0 spiro atoms. The van der Waals surface area contributed by atoms with Crippen LogP contribution in [0.2, 0.25) is 0 Å². The molecule has 7 heteroatoms. The molecular formula is C18H21N3O4. The van der Waals surface area contributed by atoms with E-state index in [-0.39, 0.29) is 17.5 Å². The van der Waals surface area contributed by atoms with Gasteiger partial charge in [-0.1, -0.05) is 6.07 Å². The molecule has 0 N–H and O–H groups in total. The van der Waals surface area contributed by atoms with Crippen LogP contribution >= 0.6 is 0 Å². The third kappa shape index (κ3) is 3.14. The third-order valence-electron chi connectivity index (χ3n) is 4.52. The number of esters is 1. The van der Waals surface area contributed by atoms with Crippen LogP contribution in [0.15, 0.2) is 23.1 Å². The van der Waals surface area contributed by atoms with Gasteiger partial charge in [-0.2, -0.15) is 0 Å². The van der Waals surface area contributed by atoms with Gasteiger partial charge in [0.1, 0.15) is 17.0 Å². The largest absolute Gasteiger partial charge is 0.466 e. The van der Waals surface area contributed by atoms with Gasteiger partial charge in [0.25, 0.3) is 5.56 Å². The van der Waals surface area contributed by atoms with Crippen molar-refractivity contribution in [2.24, 2.45) is 5.92 Å². The van der Waals surface area contributed by atoms with E-state index in [1.807, 2.05) is 17.9 Å². The smallest absolute Gasteiger partial charge is 0.310 e. The van der Waals surface area contributed by atoms with E-state index in [0.29, 0.717) is 37.4 Å². The Morgan fingerprint density at radius 2 is 2.28 bits per heavy atom. The van der Waals surface area contributed by atoms with Gasteiger partial charge in [0.2, 0.25) is 0 Å². The fraction of sp³-hybridized carbons (Fsp3) is 0.444. The monoisotopic (exact) mass is 343 g/mol. The first-order valence-corrected chi connectivity index (χ1v) is 8.45. The molecule has 0 radical (unpaired) electrons. The maximum atomic E-state index is 12.7. The number of rotatable bonds is 4. The molecule has 132 valence electrons. The lowest BCUT2D eigenvalue weighted by Crippen LogP contribution is -2.41. The zero-order chi connectivity index (χ0) is 18.0. The molecule has 0 unspecified atom stereocenters. The Bertz CT molecular complexity index is 874. The topological polar surface area (TPSA) is 81.0 Å². The number of nitrogens with zero attached hydrogens (tertiary/aromatic N) is 3. The maximum absolute atomic E-state index is 12.7. The summed E-state index contributed by atoms with van der Waals surface area (Å²) in [4.78, 5) is 42.7. The van der Waals surface area contributed by atoms with E-state index in [9.17, 15) is 14.4 Å². The molecule has 1 saturated heterocycles. The molecule has 25 heavy (non-hydrogen) atoms. The summed E-state index contributed by atoms with van der Waals surface area (Å²) in [6.45, 7) is 5.02. The van der Waals surface area contributed by atoms with Crippen molar-refractivity contribution in [2.75, 3.05) is 24.6 Å². The number of carbonyl (C=O) groups is 2. The molecule has 3 heterocycles. The molecule has 0 aliphatic carbocycles. The van der Waals surface area contributed by atoms with Gasteiger partial charge in [-0.25, -0.2) is 4.98 Å². The number of fused-ring (bicyclic) bond motifs is 1. The number of aryl methyl sites for hydroxylation is 1. The van der Waals surface area contributed by atoms with Crippen molar-refractivity contribution in [3.63, 3.8) is 0 Å². The van der Waals surface area contributed by atoms with E-state index in [1.165, 1.54) is 4.40 Å². The highest BCUT2D eigenvalue weighted by molar-refractivity contribution is 5.84. The number of hydrogen-bond acceptors (Lipinski definition) is 6. The molecule has 0 aromatic carbocycles. The summed E-state index contributed by atoms with van der Waals surface area (Å²) in [5.41, 5.74) is 0.994. The minimum atomic E-state index is -0.392. The van der Waals surface area contributed by atoms with Crippen LogP contribution in [0.25, 0.3) is 5.65 Å². The fourth-order valence-corrected chi connectivity index (χ4v) is 3.27. The molecule has 0 amide bonds. The van der Waals surface area contributed by atoms with Crippen molar-refractivity contribution in [1.82, 2.24) is 9.38 Å². The Labute approximate surface area is 145 Å². The van der Waals surface area contributed by atoms with Gasteiger partial charge in [-0.05, 0) is 38.3 Å². The predicted octanol–water partition coefficient (Wildman–Crippen LogP) is 1.59. The Morgan fingerprint density at radius 3 is 3.00 bits per heavy atom. The van der Waals surface area contributed by atoms with Crippen molar-refractivity contribution in [2.45, 2.75) is 26.7 Å². The number of anilines is 1. The van der Waals surface area contributed by atoms with Gasteiger partial charge in [0.05, 0.1) is 12.5 Å². The van der Waals surface area contributed by atoms with E-state index in [1.54, 1.807) is 19.2 Å². The number of ether oxygens (including phenoxy) is 1. The number of carbonyl (C=O) groups excluding carboxylic acids is 2. The molecule has 2 aromatic heterocycles. The average molecular weight is 343 g/mol. The molecule has 0 saturated carbocycles. The summed E-state index contributed by atoms with van der Waals surface area (Å²) in [6.07, 6.45) is 3.66. The van der Waals surface area contributed by atoms with Crippen molar-refractivity contribution in [1.29, 1.82) is 0 Å². The van der Waals surface area contributed by atoms with Crippen LogP contribution in [0.5, 0.6) is 0 Å². The van der Waals surface area contributed by atoms with Crippen LogP contribution in [0.4, 0.5) is 5.82 Å². The maximum Gasteiger partial charge on any atom is 0.310 e. The Hall–Kier alpha value is -2.70. The molecule has 2 aromatic rings. The Kier molecular flexibility index (Phi) is 4.83. The molecule has 3 rings (SSSR count). The molecule has 1 aliphatic rings. The summed E-state index contributed by atoms with van der Waals surface area (Å²) in [5.74, 6) is -0.165. The van der Waals surface area contributed by atoms with Gasteiger partial charge >= 0.3 is 5.97 Å². The standard InChI is InChI=1S/C18H21N3O4/c1-3-25-18(24)13-7-5-8-20(10-13)16-14(11-22)17(23)21-9-4-6-12(2)15(21)19-16/h4,6,9,11,13H,3,5,7-8,10H2,1-2H3/t13-/m0/s1. The quantitative estimate of drug-likeness (QED) is 0.619. The Balaban J connectivity index is 2.05. The van der Waals surface area contributed by atoms with E-state index in [2.05, 4.69) is 4.98 Å². The molecule has 1 aliphatic heterocycles. The van der Waals surface area contributed by atoms with Gasteiger partial charge in [0.15, 0.2) is 6.29 Å². The lowest BCUT2D eigenvalue weighted by atomic mass is 9.98. The fourth-order valence-electron chi connectivity index (χ4n) is 3.27. The van der Waals surface area contributed by atoms with E-state index >= 15 is 0 Å². The predicted molar refractivity (Wildman–Crippen MR) is 93.2 cm³/mol. The van der Waals surface area contributed by atoms with Crippen LogP contribution in [0.1, 0.15) is 35.7 Å². The van der Waals surface area contributed by atoms with Crippen molar-refractivity contribution in [3.05, 3.63) is 39.8 Å². The lowest BCUT2D eigenvalue weighted by Gasteiger charge is -2.33. The van der Waals surface area contributed by atoms with Crippen molar-refractivity contribution in [3.8, 4) is 0 Å². The van der Waals surface area contributed by atoms with Crippen molar-refractivity contribution >= 4 is 23.7 Å². The number of aldehydes is 1. The van der Waals surface area contributed by atoms with E-state index in [0.717, 1.165) is 18.4 Å². The first-order chi connectivity index (χ1) is 12.1. The van der Waals surface area contributed by atoms with Crippen molar-refractivity contribution < 1.29 is 14.3 Å².